The molecule has 1 amide bonds. The number of benzene rings is 2. The maximum absolute atomic E-state index is 12.9. The second kappa shape index (κ2) is 4.56. The largest absolute Gasteiger partial charge is 0.330 e. The van der Waals surface area contributed by atoms with Gasteiger partial charge in [-0.25, -0.2) is 0 Å². The molecule has 0 radical (unpaired) electrons. The molecule has 4 heterocycles. The first kappa shape index (κ1) is 12.7. The number of rotatable bonds is 1. The van der Waals surface area contributed by atoms with Crippen molar-refractivity contribution in [3.63, 3.8) is 0 Å². The quantitative estimate of drug-likeness (QED) is 0.807. The Labute approximate surface area is 130 Å². The number of hydrogen-bond acceptors (Lipinski definition) is 2. The summed E-state index contributed by atoms with van der Waals surface area (Å²) in [7, 11) is 0. The van der Waals surface area contributed by atoms with Gasteiger partial charge in [0.25, 0.3) is 5.91 Å². The highest BCUT2D eigenvalue weighted by Gasteiger charge is 2.42. The van der Waals surface area contributed by atoms with Crippen molar-refractivity contribution in [3.05, 3.63) is 47.5 Å². The SMILES string of the molecule is O=C1c2cc3ccccc3cc2CN1C1CN2CCC1CC2. The summed E-state index contributed by atoms with van der Waals surface area (Å²) in [5, 5.41) is 2.41. The standard InChI is InChI=1S/C19H20N2O/c22-19-17-10-15-4-2-1-3-14(15)9-16(17)11-21(19)18-12-20-7-5-13(18)6-8-20/h1-4,9-10,13,18H,5-8,11-12H2. The minimum absolute atomic E-state index is 0.250. The van der Waals surface area contributed by atoms with E-state index in [0.717, 1.165) is 18.7 Å². The van der Waals surface area contributed by atoms with E-state index in [1.165, 1.54) is 42.3 Å². The van der Waals surface area contributed by atoms with Crippen LogP contribution in [0.5, 0.6) is 0 Å². The molecule has 112 valence electrons. The molecule has 22 heavy (non-hydrogen) atoms. The number of amides is 1. The van der Waals surface area contributed by atoms with Gasteiger partial charge in [-0.1, -0.05) is 24.3 Å². The number of carbonyl (C=O) groups excluding carboxylic acids is 1. The van der Waals surface area contributed by atoms with Gasteiger partial charge in [0, 0.05) is 24.7 Å². The molecule has 3 fully saturated rings. The topological polar surface area (TPSA) is 23.6 Å². The molecular weight excluding hydrogens is 272 g/mol. The molecule has 4 aliphatic rings. The first-order valence-electron chi connectivity index (χ1n) is 8.34. The molecule has 3 saturated heterocycles. The zero-order chi connectivity index (χ0) is 14.7. The molecule has 1 atom stereocenters. The van der Waals surface area contributed by atoms with Gasteiger partial charge in [0.2, 0.25) is 0 Å². The first-order valence-corrected chi connectivity index (χ1v) is 8.34. The van der Waals surface area contributed by atoms with E-state index >= 15 is 0 Å². The Hall–Kier alpha value is -1.87. The van der Waals surface area contributed by atoms with Crippen molar-refractivity contribution in [2.45, 2.75) is 25.4 Å². The summed E-state index contributed by atoms with van der Waals surface area (Å²) in [6, 6.07) is 13.1. The summed E-state index contributed by atoms with van der Waals surface area (Å²) >= 11 is 0. The fraction of sp³-hybridized carbons (Fsp3) is 0.421. The molecule has 2 aromatic rings. The van der Waals surface area contributed by atoms with Gasteiger partial charge in [-0.3, -0.25) is 4.79 Å². The lowest BCUT2D eigenvalue weighted by atomic mass is 9.83. The van der Waals surface area contributed by atoms with Gasteiger partial charge in [0.1, 0.15) is 0 Å². The van der Waals surface area contributed by atoms with Crippen molar-refractivity contribution < 1.29 is 4.79 Å². The summed E-state index contributed by atoms with van der Waals surface area (Å²) in [6.07, 6.45) is 2.51. The molecule has 3 nitrogen and oxygen atoms in total. The van der Waals surface area contributed by atoms with E-state index in [1.54, 1.807) is 0 Å². The second-order valence-corrected chi connectivity index (χ2v) is 6.99. The molecule has 2 bridgehead atoms. The molecule has 0 aromatic heterocycles. The number of nitrogens with zero attached hydrogens (tertiary/aromatic N) is 2. The summed E-state index contributed by atoms with van der Waals surface area (Å²) in [4.78, 5) is 17.6. The fourth-order valence-corrected chi connectivity index (χ4v) is 4.58. The molecule has 0 N–H and O–H groups in total. The van der Waals surface area contributed by atoms with Crippen LogP contribution in [0.4, 0.5) is 0 Å². The average Bonchev–Trinajstić information content (AvgIpc) is 2.90. The van der Waals surface area contributed by atoms with Crippen molar-refractivity contribution in [1.29, 1.82) is 0 Å². The third-order valence-corrected chi connectivity index (χ3v) is 5.83. The summed E-state index contributed by atoms with van der Waals surface area (Å²) in [6.45, 7) is 4.32. The van der Waals surface area contributed by atoms with Crippen LogP contribution in [0.25, 0.3) is 10.8 Å². The van der Waals surface area contributed by atoms with Gasteiger partial charge in [0.05, 0.1) is 0 Å². The summed E-state index contributed by atoms with van der Waals surface area (Å²) in [5.41, 5.74) is 2.13. The fourth-order valence-electron chi connectivity index (χ4n) is 4.58. The Kier molecular flexibility index (Phi) is 2.62. The molecule has 6 rings (SSSR count). The molecule has 2 aromatic carbocycles. The lowest BCUT2D eigenvalue weighted by Gasteiger charge is -2.48. The lowest BCUT2D eigenvalue weighted by molar-refractivity contribution is 0.00847. The van der Waals surface area contributed by atoms with E-state index in [1.807, 2.05) is 6.07 Å². The lowest BCUT2D eigenvalue weighted by Crippen LogP contribution is -2.57. The van der Waals surface area contributed by atoms with Gasteiger partial charge in [-0.2, -0.15) is 0 Å². The third-order valence-electron chi connectivity index (χ3n) is 5.83. The van der Waals surface area contributed by atoms with Gasteiger partial charge < -0.3 is 9.80 Å². The molecule has 4 aliphatic heterocycles. The Morgan fingerprint density at radius 2 is 1.73 bits per heavy atom. The number of hydrogen-bond donors (Lipinski definition) is 0. The highest BCUT2D eigenvalue weighted by molar-refractivity contribution is 6.02. The van der Waals surface area contributed by atoms with E-state index in [-0.39, 0.29) is 5.91 Å². The van der Waals surface area contributed by atoms with Crippen molar-refractivity contribution in [2.24, 2.45) is 5.92 Å². The van der Waals surface area contributed by atoms with Gasteiger partial charge in [-0.05, 0) is 60.3 Å². The minimum atomic E-state index is 0.250. The van der Waals surface area contributed by atoms with Crippen molar-refractivity contribution in [2.75, 3.05) is 19.6 Å². The van der Waals surface area contributed by atoms with Crippen LogP contribution in [0.15, 0.2) is 36.4 Å². The molecule has 0 saturated carbocycles. The number of fused-ring (bicyclic) bond motifs is 5. The summed E-state index contributed by atoms with van der Waals surface area (Å²) in [5.74, 6) is 0.956. The zero-order valence-electron chi connectivity index (χ0n) is 12.7. The summed E-state index contributed by atoms with van der Waals surface area (Å²) < 4.78 is 0. The van der Waals surface area contributed by atoms with Crippen LogP contribution in [0, 0.1) is 5.92 Å². The Morgan fingerprint density at radius 1 is 1.00 bits per heavy atom. The maximum Gasteiger partial charge on any atom is 0.254 e. The van der Waals surface area contributed by atoms with Crippen LogP contribution in [0.1, 0.15) is 28.8 Å². The molecule has 1 unspecified atom stereocenters. The van der Waals surface area contributed by atoms with E-state index in [2.05, 4.69) is 40.1 Å². The molecule has 0 spiro atoms. The smallest absolute Gasteiger partial charge is 0.254 e. The third kappa shape index (κ3) is 1.75. The minimum Gasteiger partial charge on any atom is -0.330 e. The van der Waals surface area contributed by atoms with Gasteiger partial charge >= 0.3 is 0 Å². The van der Waals surface area contributed by atoms with E-state index < -0.39 is 0 Å². The van der Waals surface area contributed by atoms with Crippen molar-refractivity contribution in [1.82, 2.24) is 9.80 Å². The molecular formula is C19H20N2O. The van der Waals surface area contributed by atoms with Crippen molar-refractivity contribution >= 4 is 16.7 Å². The number of piperidine rings is 3. The highest BCUT2D eigenvalue weighted by atomic mass is 16.2. The van der Waals surface area contributed by atoms with Gasteiger partial charge in [0.15, 0.2) is 0 Å². The predicted octanol–water partition coefficient (Wildman–Crippen LogP) is 2.89. The monoisotopic (exact) mass is 292 g/mol. The van der Waals surface area contributed by atoms with E-state index in [9.17, 15) is 4.79 Å². The van der Waals surface area contributed by atoms with E-state index in [4.69, 9.17) is 0 Å². The van der Waals surface area contributed by atoms with Crippen molar-refractivity contribution in [3.8, 4) is 0 Å². The van der Waals surface area contributed by atoms with Crippen LogP contribution in [-0.4, -0.2) is 41.4 Å². The second-order valence-electron chi connectivity index (χ2n) is 6.99. The average molecular weight is 292 g/mol. The predicted molar refractivity (Wildman–Crippen MR) is 86.8 cm³/mol. The Balaban J connectivity index is 1.52. The normalized spacial score (nSPS) is 30.1. The Morgan fingerprint density at radius 3 is 2.41 bits per heavy atom. The zero-order valence-corrected chi connectivity index (χ0v) is 12.7. The van der Waals surface area contributed by atoms with Crippen LogP contribution in [-0.2, 0) is 6.54 Å². The van der Waals surface area contributed by atoms with Crippen LogP contribution in [0.3, 0.4) is 0 Å². The maximum atomic E-state index is 12.9. The first-order chi connectivity index (χ1) is 10.8. The van der Waals surface area contributed by atoms with Crippen LogP contribution < -0.4 is 0 Å². The Bertz CT molecular complexity index is 761. The highest BCUT2D eigenvalue weighted by Crippen LogP contribution is 2.36. The van der Waals surface area contributed by atoms with Crippen LogP contribution >= 0.6 is 0 Å². The van der Waals surface area contributed by atoms with E-state index in [0.29, 0.717) is 12.0 Å². The number of carbonyl (C=O) groups is 1. The molecule has 3 heteroatoms. The van der Waals surface area contributed by atoms with Crippen LogP contribution in [0.2, 0.25) is 0 Å². The van der Waals surface area contributed by atoms with Gasteiger partial charge in [-0.15, -0.1) is 0 Å². The molecule has 0 aliphatic carbocycles.